The maximum absolute atomic E-state index is 4.71. The molecule has 1 saturated heterocycles. The van der Waals surface area contributed by atoms with Gasteiger partial charge in [0.05, 0.1) is 0 Å². The number of aryl methyl sites for hydroxylation is 2. The van der Waals surface area contributed by atoms with Crippen LogP contribution in [0.1, 0.15) is 11.1 Å². The van der Waals surface area contributed by atoms with E-state index in [9.17, 15) is 0 Å². The van der Waals surface area contributed by atoms with Crippen molar-refractivity contribution in [1.82, 2.24) is 9.97 Å². The highest BCUT2D eigenvalue weighted by Gasteiger charge is 2.18. The van der Waals surface area contributed by atoms with E-state index in [1.807, 2.05) is 24.4 Å². The molecular weight excluding hydrogens is 334 g/mol. The fourth-order valence-corrected chi connectivity index (χ4v) is 3.37. The van der Waals surface area contributed by atoms with Crippen molar-refractivity contribution in [2.45, 2.75) is 13.8 Å². The summed E-state index contributed by atoms with van der Waals surface area (Å²) in [5, 5.41) is 3.29. The van der Waals surface area contributed by atoms with Gasteiger partial charge in [-0.15, -0.1) is 0 Å². The number of aromatic nitrogens is 2. The number of nitrogens with one attached hydrogen (secondary N) is 1. The van der Waals surface area contributed by atoms with E-state index >= 15 is 0 Å². The van der Waals surface area contributed by atoms with Gasteiger partial charge < -0.3 is 15.1 Å². The summed E-state index contributed by atoms with van der Waals surface area (Å²) in [6, 6.07) is 19.0. The van der Waals surface area contributed by atoms with Gasteiger partial charge >= 0.3 is 0 Å². The van der Waals surface area contributed by atoms with Crippen LogP contribution in [-0.2, 0) is 0 Å². The fourth-order valence-electron chi connectivity index (χ4n) is 3.37. The van der Waals surface area contributed by atoms with Crippen molar-refractivity contribution in [3.8, 4) is 0 Å². The summed E-state index contributed by atoms with van der Waals surface area (Å²) >= 11 is 0. The van der Waals surface area contributed by atoms with E-state index < -0.39 is 0 Å². The van der Waals surface area contributed by atoms with Crippen LogP contribution in [0.2, 0.25) is 0 Å². The Morgan fingerprint density at radius 3 is 2.30 bits per heavy atom. The molecule has 1 aliphatic rings. The zero-order chi connectivity index (χ0) is 18.6. The molecule has 0 spiro atoms. The van der Waals surface area contributed by atoms with E-state index in [0.717, 1.165) is 37.7 Å². The molecule has 3 aromatic rings. The van der Waals surface area contributed by atoms with Gasteiger partial charge in [0.2, 0.25) is 5.95 Å². The molecule has 0 unspecified atom stereocenters. The number of rotatable bonds is 4. The van der Waals surface area contributed by atoms with Crippen molar-refractivity contribution in [3.05, 3.63) is 71.9 Å². The Balaban J connectivity index is 1.42. The standard InChI is InChI=1S/C22H25N5/c1-17-6-8-19(9-7-17)24-22-23-11-10-21(25-22)27-14-12-26(13-15-27)20-5-3-4-18(2)16-20/h3-11,16H,12-15H2,1-2H3,(H,23,24,25). The first-order valence-corrected chi connectivity index (χ1v) is 9.41. The molecule has 27 heavy (non-hydrogen) atoms. The molecule has 5 nitrogen and oxygen atoms in total. The molecule has 5 heteroatoms. The molecule has 1 aromatic heterocycles. The van der Waals surface area contributed by atoms with E-state index in [1.165, 1.54) is 16.8 Å². The topological polar surface area (TPSA) is 44.3 Å². The molecule has 0 aliphatic carbocycles. The summed E-state index contributed by atoms with van der Waals surface area (Å²) in [6.45, 7) is 8.12. The first kappa shape index (κ1) is 17.3. The highest BCUT2D eigenvalue weighted by molar-refractivity contribution is 5.56. The van der Waals surface area contributed by atoms with Crippen LogP contribution in [0.15, 0.2) is 60.8 Å². The lowest BCUT2D eigenvalue weighted by Crippen LogP contribution is -2.46. The quantitative estimate of drug-likeness (QED) is 0.758. The molecule has 0 radical (unpaired) electrons. The van der Waals surface area contributed by atoms with Gasteiger partial charge in [0.15, 0.2) is 0 Å². The number of benzene rings is 2. The minimum absolute atomic E-state index is 0.637. The molecule has 1 fully saturated rings. The van der Waals surface area contributed by atoms with E-state index in [2.05, 4.69) is 70.3 Å². The van der Waals surface area contributed by atoms with Gasteiger partial charge in [-0.2, -0.15) is 4.98 Å². The maximum atomic E-state index is 4.71. The number of hydrogen-bond donors (Lipinski definition) is 1. The third-order valence-electron chi connectivity index (χ3n) is 4.92. The largest absolute Gasteiger partial charge is 0.368 e. The molecule has 1 N–H and O–H groups in total. The van der Waals surface area contributed by atoms with E-state index in [4.69, 9.17) is 4.98 Å². The predicted molar refractivity (Wildman–Crippen MR) is 112 cm³/mol. The van der Waals surface area contributed by atoms with Gasteiger partial charge in [0.25, 0.3) is 0 Å². The van der Waals surface area contributed by atoms with Crippen LogP contribution in [0.3, 0.4) is 0 Å². The SMILES string of the molecule is Cc1ccc(Nc2nccc(N3CCN(c4cccc(C)c4)CC3)n2)cc1. The highest BCUT2D eigenvalue weighted by atomic mass is 15.3. The third kappa shape index (κ3) is 4.19. The van der Waals surface area contributed by atoms with Gasteiger partial charge in [-0.05, 0) is 49.7 Å². The van der Waals surface area contributed by atoms with Crippen LogP contribution >= 0.6 is 0 Å². The Morgan fingerprint density at radius 1 is 0.815 bits per heavy atom. The second-order valence-corrected chi connectivity index (χ2v) is 7.04. The van der Waals surface area contributed by atoms with Gasteiger partial charge in [-0.1, -0.05) is 29.8 Å². The number of anilines is 4. The Hall–Kier alpha value is -3.08. The van der Waals surface area contributed by atoms with Crippen LogP contribution in [0, 0.1) is 13.8 Å². The second kappa shape index (κ2) is 7.66. The predicted octanol–water partition coefficient (Wildman–Crippen LogP) is 4.16. The smallest absolute Gasteiger partial charge is 0.229 e. The second-order valence-electron chi connectivity index (χ2n) is 7.04. The molecule has 0 amide bonds. The van der Waals surface area contributed by atoms with Crippen molar-refractivity contribution in [1.29, 1.82) is 0 Å². The maximum Gasteiger partial charge on any atom is 0.229 e. The summed E-state index contributed by atoms with van der Waals surface area (Å²) in [5.74, 6) is 1.61. The normalized spacial score (nSPS) is 14.3. The van der Waals surface area contributed by atoms with E-state index in [1.54, 1.807) is 0 Å². The first-order valence-electron chi connectivity index (χ1n) is 9.41. The Morgan fingerprint density at radius 2 is 1.56 bits per heavy atom. The van der Waals surface area contributed by atoms with Crippen LogP contribution in [-0.4, -0.2) is 36.1 Å². The highest BCUT2D eigenvalue weighted by Crippen LogP contribution is 2.21. The van der Waals surface area contributed by atoms with Crippen molar-refractivity contribution >= 4 is 23.1 Å². The average molecular weight is 359 g/mol. The molecule has 1 aliphatic heterocycles. The molecule has 138 valence electrons. The molecule has 0 bridgehead atoms. The summed E-state index contributed by atoms with van der Waals surface area (Å²) in [5.41, 5.74) is 4.85. The number of hydrogen-bond acceptors (Lipinski definition) is 5. The van der Waals surface area contributed by atoms with E-state index in [0.29, 0.717) is 5.95 Å². The first-order chi connectivity index (χ1) is 13.2. The van der Waals surface area contributed by atoms with Crippen molar-refractivity contribution in [2.75, 3.05) is 41.3 Å². The zero-order valence-corrected chi connectivity index (χ0v) is 15.9. The summed E-state index contributed by atoms with van der Waals surface area (Å²) in [6.07, 6.45) is 1.83. The van der Waals surface area contributed by atoms with Gasteiger partial charge in [-0.3, -0.25) is 0 Å². The van der Waals surface area contributed by atoms with E-state index in [-0.39, 0.29) is 0 Å². The van der Waals surface area contributed by atoms with Gasteiger partial charge in [0.1, 0.15) is 5.82 Å². The minimum atomic E-state index is 0.637. The lowest BCUT2D eigenvalue weighted by molar-refractivity contribution is 0.647. The Labute approximate surface area is 160 Å². The average Bonchev–Trinajstić information content (AvgIpc) is 2.70. The number of piperazine rings is 1. The molecular formula is C22H25N5. The lowest BCUT2D eigenvalue weighted by atomic mass is 10.2. The summed E-state index contributed by atoms with van der Waals surface area (Å²) in [7, 11) is 0. The van der Waals surface area contributed by atoms with Crippen LogP contribution in [0.4, 0.5) is 23.1 Å². The minimum Gasteiger partial charge on any atom is -0.368 e. The van der Waals surface area contributed by atoms with Crippen molar-refractivity contribution < 1.29 is 0 Å². The molecule has 2 heterocycles. The monoisotopic (exact) mass is 359 g/mol. The molecule has 4 rings (SSSR count). The molecule has 0 atom stereocenters. The van der Waals surface area contributed by atoms with Crippen LogP contribution in [0.5, 0.6) is 0 Å². The Kier molecular flexibility index (Phi) is 4.92. The van der Waals surface area contributed by atoms with Crippen molar-refractivity contribution in [2.24, 2.45) is 0 Å². The van der Waals surface area contributed by atoms with Crippen LogP contribution < -0.4 is 15.1 Å². The lowest BCUT2D eigenvalue weighted by Gasteiger charge is -2.36. The zero-order valence-electron chi connectivity index (χ0n) is 15.9. The summed E-state index contributed by atoms with van der Waals surface area (Å²) < 4.78 is 0. The number of nitrogens with zero attached hydrogens (tertiary/aromatic N) is 4. The Bertz CT molecular complexity index is 899. The third-order valence-corrected chi connectivity index (χ3v) is 4.92. The summed E-state index contributed by atoms with van der Waals surface area (Å²) in [4.78, 5) is 13.8. The van der Waals surface area contributed by atoms with Crippen molar-refractivity contribution in [3.63, 3.8) is 0 Å². The van der Waals surface area contributed by atoms with Gasteiger partial charge in [-0.25, -0.2) is 4.98 Å². The van der Waals surface area contributed by atoms with Gasteiger partial charge in [0, 0.05) is 43.8 Å². The molecule has 2 aromatic carbocycles. The fraction of sp³-hybridized carbons (Fsp3) is 0.273. The van der Waals surface area contributed by atoms with Crippen LogP contribution in [0.25, 0.3) is 0 Å². The molecule has 0 saturated carbocycles.